The van der Waals surface area contributed by atoms with E-state index in [1.807, 2.05) is 0 Å². The maximum atomic E-state index is 11.5. The van der Waals surface area contributed by atoms with Crippen molar-refractivity contribution in [3.63, 3.8) is 0 Å². The topological polar surface area (TPSA) is 67.8 Å². The zero-order chi connectivity index (χ0) is 12.0. The van der Waals surface area contributed by atoms with Gasteiger partial charge in [0.05, 0.1) is 18.2 Å². The summed E-state index contributed by atoms with van der Waals surface area (Å²) >= 11 is 5.65. The SMILES string of the molecule is COCCONC(=O)c1ccc(O)c(Cl)c1. The number of ether oxygens (including phenoxy) is 1. The van der Waals surface area contributed by atoms with Gasteiger partial charge in [-0.05, 0) is 18.2 Å². The molecule has 0 aliphatic heterocycles. The third-order valence-corrected chi connectivity index (χ3v) is 2.07. The molecule has 1 aromatic rings. The highest BCUT2D eigenvalue weighted by molar-refractivity contribution is 6.32. The maximum Gasteiger partial charge on any atom is 0.274 e. The number of carbonyl (C=O) groups excluding carboxylic acids is 1. The molecule has 1 aromatic carbocycles. The smallest absolute Gasteiger partial charge is 0.274 e. The van der Waals surface area contributed by atoms with Crippen LogP contribution in [0.2, 0.25) is 5.02 Å². The Morgan fingerprint density at radius 2 is 2.25 bits per heavy atom. The van der Waals surface area contributed by atoms with Gasteiger partial charge >= 0.3 is 0 Å². The normalized spacial score (nSPS) is 10.1. The van der Waals surface area contributed by atoms with Gasteiger partial charge in [0.1, 0.15) is 5.75 Å². The molecule has 0 spiro atoms. The first-order valence-corrected chi connectivity index (χ1v) is 4.92. The summed E-state index contributed by atoms with van der Waals surface area (Å²) in [5, 5.41) is 9.28. The fourth-order valence-electron chi connectivity index (χ4n) is 0.949. The van der Waals surface area contributed by atoms with Gasteiger partial charge in [0, 0.05) is 12.7 Å². The molecule has 88 valence electrons. The average Bonchev–Trinajstić information content (AvgIpc) is 2.28. The van der Waals surface area contributed by atoms with E-state index in [1.54, 1.807) is 0 Å². The molecule has 0 radical (unpaired) electrons. The van der Waals surface area contributed by atoms with Crippen molar-refractivity contribution in [2.24, 2.45) is 0 Å². The Hall–Kier alpha value is -1.30. The number of carbonyl (C=O) groups is 1. The number of rotatable bonds is 5. The van der Waals surface area contributed by atoms with Crippen LogP contribution in [0.4, 0.5) is 0 Å². The lowest BCUT2D eigenvalue weighted by molar-refractivity contribution is 0.00889. The maximum absolute atomic E-state index is 11.5. The number of phenolic OH excluding ortho intramolecular Hbond substituents is 1. The number of halogens is 1. The second-order valence-electron chi connectivity index (χ2n) is 2.94. The number of hydroxylamine groups is 1. The molecule has 0 fully saturated rings. The second-order valence-corrected chi connectivity index (χ2v) is 3.35. The van der Waals surface area contributed by atoms with Crippen LogP contribution in [0.25, 0.3) is 0 Å². The summed E-state index contributed by atoms with van der Waals surface area (Å²) in [6.07, 6.45) is 0. The molecule has 1 rings (SSSR count). The Kier molecular flexibility index (Phi) is 5.04. The van der Waals surface area contributed by atoms with E-state index in [9.17, 15) is 4.79 Å². The average molecular weight is 246 g/mol. The van der Waals surface area contributed by atoms with Crippen LogP contribution in [0.3, 0.4) is 0 Å². The molecular weight excluding hydrogens is 234 g/mol. The molecular formula is C10H12ClNO4. The molecule has 0 atom stereocenters. The first-order chi connectivity index (χ1) is 7.65. The number of aromatic hydroxyl groups is 1. The highest BCUT2D eigenvalue weighted by Crippen LogP contribution is 2.23. The summed E-state index contributed by atoms with van der Waals surface area (Å²) in [6.45, 7) is 0.644. The predicted molar refractivity (Wildman–Crippen MR) is 58.4 cm³/mol. The van der Waals surface area contributed by atoms with Crippen LogP contribution in [0, 0.1) is 0 Å². The fourth-order valence-corrected chi connectivity index (χ4v) is 1.13. The van der Waals surface area contributed by atoms with E-state index in [-0.39, 0.29) is 17.4 Å². The van der Waals surface area contributed by atoms with Gasteiger partial charge in [-0.15, -0.1) is 0 Å². The largest absolute Gasteiger partial charge is 0.506 e. The summed E-state index contributed by atoms with van der Waals surface area (Å²) in [7, 11) is 1.53. The third-order valence-electron chi connectivity index (χ3n) is 1.76. The summed E-state index contributed by atoms with van der Waals surface area (Å²) in [6, 6.07) is 4.13. The van der Waals surface area contributed by atoms with Crippen molar-refractivity contribution in [3.8, 4) is 5.75 Å². The van der Waals surface area contributed by atoms with Crippen LogP contribution in [0.15, 0.2) is 18.2 Å². The Labute approximate surface area is 97.9 Å². The van der Waals surface area contributed by atoms with Crippen molar-refractivity contribution < 1.29 is 19.5 Å². The number of nitrogens with one attached hydrogen (secondary N) is 1. The molecule has 0 bridgehead atoms. The third kappa shape index (κ3) is 3.69. The zero-order valence-electron chi connectivity index (χ0n) is 8.70. The molecule has 6 heteroatoms. The van der Waals surface area contributed by atoms with Gasteiger partial charge in [-0.25, -0.2) is 5.48 Å². The number of amides is 1. The van der Waals surface area contributed by atoms with Crippen LogP contribution < -0.4 is 5.48 Å². The molecule has 0 aliphatic rings. The van der Waals surface area contributed by atoms with E-state index in [0.717, 1.165) is 0 Å². The second kappa shape index (κ2) is 6.32. The molecule has 0 aromatic heterocycles. The van der Waals surface area contributed by atoms with Crippen molar-refractivity contribution >= 4 is 17.5 Å². The van der Waals surface area contributed by atoms with Gasteiger partial charge in [0.2, 0.25) is 0 Å². The van der Waals surface area contributed by atoms with E-state index in [1.165, 1.54) is 25.3 Å². The fraction of sp³-hybridized carbons (Fsp3) is 0.300. The molecule has 0 saturated heterocycles. The first kappa shape index (κ1) is 12.8. The van der Waals surface area contributed by atoms with E-state index >= 15 is 0 Å². The molecule has 1 amide bonds. The van der Waals surface area contributed by atoms with E-state index in [0.29, 0.717) is 12.2 Å². The van der Waals surface area contributed by atoms with Gasteiger partial charge in [0.15, 0.2) is 0 Å². The van der Waals surface area contributed by atoms with Crippen molar-refractivity contribution in [1.29, 1.82) is 0 Å². The highest BCUT2D eigenvalue weighted by Gasteiger charge is 2.07. The first-order valence-electron chi connectivity index (χ1n) is 4.54. The van der Waals surface area contributed by atoms with Crippen LogP contribution >= 0.6 is 11.6 Å². The Morgan fingerprint density at radius 1 is 1.50 bits per heavy atom. The predicted octanol–water partition coefficient (Wildman–Crippen LogP) is 1.35. The minimum atomic E-state index is -0.432. The van der Waals surface area contributed by atoms with Crippen molar-refractivity contribution in [2.75, 3.05) is 20.3 Å². The van der Waals surface area contributed by atoms with E-state index in [2.05, 4.69) is 5.48 Å². The Morgan fingerprint density at radius 3 is 2.88 bits per heavy atom. The number of phenols is 1. The molecule has 0 aliphatic carbocycles. The number of hydrogen-bond acceptors (Lipinski definition) is 4. The monoisotopic (exact) mass is 245 g/mol. The van der Waals surface area contributed by atoms with Crippen LogP contribution in [-0.4, -0.2) is 31.3 Å². The lowest BCUT2D eigenvalue weighted by Gasteiger charge is -2.06. The molecule has 0 unspecified atom stereocenters. The van der Waals surface area contributed by atoms with Crippen molar-refractivity contribution in [3.05, 3.63) is 28.8 Å². The van der Waals surface area contributed by atoms with Gasteiger partial charge in [0.25, 0.3) is 5.91 Å². The van der Waals surface area contributed by atoms with Crippen molar-refractivity contribution in [2.45, 2.75) is 0 Å². The molecule has 16 heavy (non-hydrogen) atoms. The highest BCUT2D eigenvalue weighted by atomic mass is 35.5. The lowest BCUT2D eigenvalue weighted by atomic mass is 10.2. The van der Waals surface area contributed by atoms with Crippen LogP contribution in [0.5, 0.6) is 5.75 Å². The Bertz CT molecular complexity index is 370. The van der Waals surface area contributed by atoms with Gasteiger partial charge in [-0.2, -0.15) is 0 Å². The molecule has 5 nitrogen and oxygen atoms in total. The minimum absolute atomic E-state index is 0.0708. The van der Waals surface area contributed by atoms with Gasteiger partial charge < -0.3 is 9.84 Å². The number of hydrogen-bond donors (Lipinski definition) is 2. The minimum Gasteiger partial charge on any atom is -0.506 e. The van der Waals surface area contributed by atoms with Crippen LogP contribution in [-0.2, 0) is 9.57 Å². The lowest BCUT2D eigenvalue weighted by Crippen LogP contribution is -2.25. The molecule has 0 saturated carbocycles. The zero-order valence-corrected chi connectivity index (χ0v) is 9.45. The molecule has 2 N–H and O–H groups in total. The van der Waals surface area contributed by atoms with E-state index < -0.39 is 5.91 Å². The quantitative estimate of drug-likeness (QED) is 0.607. The van der Waals surface area contributed by atoms with E-state index in [4.69, 9.17) is 26.3 Å². The summed E-state index contributed by atoms with van der Waals surface area (Å²) in [5.74, 6) is -0.503. The summed E-state index contributed by atoms with van der Waals surface area (Å²) in [4.78, 5) is 16.3. The standard InChI is InChI=1S/C10H12ClNO4/c1-15-4-5-16-12-10(14)7-2-3-9(13)8(11)6-7/h2-3,6,13H,4-5H2,1H3,(H,12,14). The van der Waals surface area contributed by atoms with Gasteiger partial charge in [-0.1, -0.05) is 11.6 Å². The van der Waals surface area contributed by atoms with Crippen molar-refractivity contribution in [1.82, 2.24) is 5.48 Å². The summed E-state index contributed by atoms with van der Waals surface area (Å²) in [5.41, 5.74) is 2.53. The Balaban J connectivity index is 2.50. The number of benzene rings is 1. The molecule has 0 heterocycles. The summed E-state index contributed by atoms with van der Waals surface area (Å²) < 4.78 is 4.73. The van der Waals surface area contributed by atoms with Gasteiger partial charge in [-0.3, -0.25) is 9.63 Å². The van der Waals surface area contributed by atoms with Crippen LogP contribution in [0.1, 0.15) is 10.4 Å². The number of methoxy groups -OCH3 is 1.